The molecule has 3 unspecified atom stereocenters. The standard InChI is InChI=1S/C26H32FN7O5.C21H24FN7O3.C18H24ClN5O4.C8H9FN2O/c1-25(2,3)39-24(38)32(4)20-11-19(30-17-6-5-9-33(23(17)37)18-10-16(18)27)31-21-15(12-29-34(20)21)22(36)28-13-26(14-35)7-8-26;1-23-17-8-16(26-14-3-2-6-28(20(14)32)15-7-13(15)22)27-18-12(9-25-29(17)18)19(31)24-10-21(11-30)4-5-21;1-17(2,3)28-16(27)23(4)13-7-12(19)22-14-11(8-21-24(13)14)15(26)20-9-18(10-25)5-6-18;9-5-4-7(5)11-3-1-2-6(10)8(11)12/h5-6,9,11-12,16,18,35H,7-8,10,13-14H2,1-4H3,(H,28,36)(H,30,31);2-3,6,8-9,13,15,23,30H,4-5,7,10-11H2,1H3,(H,24,31)(H,26,27);7-8,25H,5-6,9-10H2,1-4H3,(H,20,26);1-3,5,7H,4,10H2/t16-,18?;13-,15?;;5-,7?/m00.0/s1. The molecule has 111 heavy (non-hydrogen) atoms. The second kappa shape index (κ2) is 31.3. The third-order valence-corrected chi connectivity index (χ3v) is 19.9. The largest absolute Gasteiger partial charge is 0.443 e. The smallest absolute Gasteiger partial charge is 0.415 e. The normalized spacial score (nSPS) is 19.6. The second-order valence-electron chi connectivity index (χ2n) is 30.8. The summed E-state index contributed by atoms with van der Waals surface area (Å²) in [6.45, 7) is 11.7. The number of nitrogens with zero attached hydrogens (tertiary/aromatic N) is 14. The maximum atomic E-state index is 13.7. The molecule has 34 nitrogen and oxygen atoms in total. The number of hydrogen-bond acceptors (Lipinski definition) is 23. The zero-order chi connectivity index (χ0) is 80.0. The molecule has 6 aliphatic carbocycles. The minimum atomic E-state index is -1.06. The third-order valence-electron chi connectivity index (χ3n) is 19.7. The molecule has 11 N–H and O–H groups in total. The third kappa shape index (κ3) is 18.2. The number of rotatable bonds is 22. The van der Waals surface area contributed by atoms with Gasteiger partial charge in [-0.05, 0) is 116 Å². The number of nitrogens with two attached hydrogens (primary N) is 1. The van der Waals surface area contributed by atoms with E-state index in [9.17, 15) is 66.8 Å². The number of amides is 5. The van der Waals surface area contributed by atoms with Gasteiger partial charge in [0.05, 0.1) is 62.2 Å². The molecule has 9 aromatic rings. The lowest BCUT2D eigenvalue weighted by Crippen LogP contribution is -2.35. The highest BCUT2D eigenvalue weighted by Crippen LogP contribution is 2.46. The van der Waals surface area contributed by atoms with Crippen LogP contribution >= 0.6 is 11.6 Å². The zero-order valence-corrected chi connectivity index (χ0v) is 63.3. The predicted octanol–water partition coefficient (Wildman–Crippen LogP) is 7.22. The molecule has 5 amide bonds. The molecule has 6 atom stereocenters. The van der Waals surface area contributed by atoms with Gasteiger partial charge in [0.15, 0.2) is 16.9 Å². The van der Waals surface area contributed by atoms with Crippen molar-refractivity contribution in [2.75, 3.05) is 92.1 Å². The van der Waals surface area contributed by atoms with Gasteiger partial charge in [-0.1, -0.05) is 11.6 Å². The first-order valence-corrected chi connectivity index (χ1v) is 36.4. The Kier molecular flexibility index (Phi) is 22.4. The van der Waals surface area contributed by atoms with Crippen molar-refractivity contribution in [3.8, 4) is 0 Å². The quantitative estimate of drug-likeness (QED) is 0.0299. The average Bonchev–Trinajstić information content (AvgIpc) is 1.72. The molecule has 592 valence electrons. The number of fused-ring (bicyclic) bond motifs is 3. The Hall–Kier alpha value is -11.2. The molecule has 6 fully saturated rings. The Bertz CT molecular complexity index is 5230. The molecule has 0 aromatic carbocycles. The highest BCUT2D eigenvalue weighted by atomic mass is 35.5. The summed E-state index contributed by atoms with van der Waals surface area (Å²) < 4.78 is 58.8. The van der Waals surface area contributed by atoms with Gasteiger partial charge in [-0.15, -0.1) is 0 Å². The van der Waals surface area contributed by atoms with Gasteiger partial charge in [-0.2, -0.15) is 28.8 Å². The number of aromatic nitrogens is 12. The van der Waals surface area contributed by atoms with E-state index in [2.05, 4.69) is 62.1 Å². The first-order valence-electron chi connectivity index (χ1n) is 36.1. The minimum Gasteiger partial charge on any atom is -0.443 e. The lowest BCUT2D eigenvalue weighted by Gasteiger charge is -2.25. The summed E-state index contributed by atoms with van der Waals surface area (Å²) in [7, 11) is 4.73. The average molecular weight is 1560 g/mol. The van der Waals surface area contributed by atoms with Crippen molar-refractivity contribution in [2.45, 2.75) is 147 Å². The van der Waals surface area contributed by atoms with Crippen LogP contribution in [-0.2, 0) is 9.47 Å². The Balaban J connectivity index is 0.000000145. The van der Waals surface area contributed by atoms with Crippen LogP contribution in [0.5, 0.6) is 0 Å². The molecule has 0 radical (unpaired) electrons. The number of carbonyl (C=O) groups is 5. The molecule has 6 saturated carbocycles. The Morgan fingerprint density at radius 1 is 0.550 bits per heavy atom. The van der Waals surface area contributed by atoms with Crippen LogP contribution in [0.1, 0.15) is 149 Å². The van der Waals surface area contributed by atoms with E-state index in [4.69, 9.17) is 26.8 Å². The van der Waals surface area contributed by atoms with Crippen LogP contribution < -0.4 is 64.1 Å². The van der Waals surface area contributed by atoms with E-state index in [0.717, 1.165) is 38.5 Å². The molecule has 9 heterocycles. The molecule has 38 heteroatoms. The van der Waals surface area contributed by atoms with E-state index in [1.165, 1.54) is 94.1 Å². The first-order chi connectivity index (χ1) is 52.6. The summed E-state index contributed by atoms with van der Waals surface area (Å²) in [6.07, 6.45) is 10.9. The fraction of sp³-hybridized carbons (Fsp3) is 0.479. The van der Waals surface area contributed by atoms with Gasteiger partial charge in [0.2, 0.25) is 0 Å². The maximum absolute atomic E-state index is 13.7. The molecule has 0 bridgehead atoms. The van der Waals surface area contributed by atoms with Crippen LogP contribution in [-0.4, -0.2) is 193 Å². The van der Waals surface area contributed by atoms with Crippen molar-refractivity contribution < 1.29 is 61.9 Å². The Morgan fingerprint density at radius 3 is 1.25 bits per heavy atom. The number of aliphatic hydroxyl groups is 3. The van der Waals surface area contributed by atoms with Gasteiger partial charge in [0.1, 0.15) is 92.0 Å². The first kappa shape index (κ1) is 79.4. The minimum absolute atomic E-state index is 0.0161. The number of alkyl halides is 3. The van der Waals surface area contributed by atoms with Gasteiger partial charge >= 0.3 is 12.2 Å². The van der Waals surface area contributed by atoms with Gasteiger partial charge in [-0.25, -0.2) is 37.7 Å². The fourth-order valence-corrected chi connectivity index (χ4v) is 12.0. The molecule has 0 spiro atoms. The maximum Gasteiger partial charge on any atom is 0.415 e. The van der Waals surface area contributed by atoms with Crippen molar-refractivity contribution in [3.63, 3.8) is 0 Å². The lowest BCUT2D eigenvalue weighted by atomic mass is 10.1. The van der Waals surface area contributed by atoms with Crippen molar-refractivity contribution in [3.05, 3.63) is 145 Å². The van der Waals surface area contributed by atoms with E-state index < -0.39 is 65.5 Å². The lowest BCUT2D eigenvalue weighted by molar-refractivity contribution is 0.0577. The summed E-state index contributed by atoms with van der Waals surface area (Å²) in [5, 5.41) is 58.8. The van der Waals surface area contributed by atoms with E-state index in [0.29, 0.717) is 55.6 Å². The molecule has 0 saturated heterocycles. The van der Waals surface area contributed by atoms with E-state index in [1.54, 1.807) is 97.4 Å². The van der Waals surface area contributed by atoms with Crippen LogP contribution in [0, 0.1) is 16.2 Å². The fourth-order valence-electron chi connectivity index (χ4n) is 11.8. The monoisotopic (exact) mass is 1560 g/mol. The number of anilines is 8. The number of pyridine rings is 3. The topological polar surface area (TPSA) is 426 Å². The summed E-state index contributed by atoms with van der Waals surface area (Å²) in [5.41, 5.74) is 4.10. The van der Waals surface area contributed by atoms with E-state index in [1.807, 2.05) is 0 Å². The van der Waals surface area contributed by atoms with E-state index >= 15 is 0 Å². The molecule has 15 rings (SSSR count). The molecular weight excluding hydrogens is 1470 g/mol. The van der Waals surface area contributed by atoms with E-state index in [-0.39, 0.29) is 133 Å². The molecular formula is C73H89ClF3N21O13. The van der Waals surface area contributed by atoms with Crippen LogP contribution in [0.25, 0.3) is 16.9 Å². The summed E-state index contributed by atoms with van der Waals surface area (Å²) in [4.78, 5) is 116. The summed E-state index contributed by atoms with van der Waals surface area (Å²) in [5.74, 6) is 0.473. The van der Waals surface area contributed by atoms with Crippen LogP contribution in [0.4, 0.5) is 68.9 Å². The number of halogens is 4. The van der Waals surface area contributed by atoms with Crippen molar-refractivity contribution in [2.24, 2.45) is 16.2 Å². The van der Waals surface area contributed by atoms with Gasteiger partial charge in [-0.3, -0.25) is 38.6 Å². The van der Waals surface area contributed by atoms with Gasteiger partial charge in [0, 0.05) is 113 Å². The van der Waals surface area contributed by atoms with Gasteiger partial charge in [0.25, 0.3) is 34.4 Å². The number of aliphatic hydroxyl groups excluding tert-OH is 3. The SMILES string of the molecule is CN(C(=O)OC(C)(C)C)c1cc(Cl)nc2c(C(=O)NCC3(CO)CC3)cnn12.CN(C(=O)OC(C)(C)C)c1cc(Nc2cccn(C3C[C@@H]3F)c2=O)nc2c(C(=O)NCC3(CO)CC3)cnn12.CNc1cc(Nc2cccn(C3C[C@@H]3F)c2=O)nc2c(C(=O)NCC3(CO)CC3)cnn12.Nc1cccn(C2C[C@@H]2F)c1=O. The van der Waals surface area contributed by atoms with Crippen molar-refractivity contribution >= 4 is 105 Å². The van der Waals surface area contributed by atoms with Crippen molar-refractivity contribution in [1.29, 1.82) is 0 Å². The highest BCUT2D eigenvalue weighted by molar-refractivity contribution is 6.30. The highest BCUT2D eigenvalue weighted by Gasteiger charge is 2.46. The van der Waals surface area contributed by atoms with Crippen molar-refractivity contribution in [1.82, 2.24) is 73.4 Å². The predicted molar refractivity (Wildman–Crippen MR) is 405 cm³/mol. The zero-order valence-electron chi connectivity index (χ0n) is 62.5. The number of hydrogen-bond donors (Lipinski definition) is 10. The van der Waals surface area contributed by atoms with Crippen LogP contribution in [0.15, 0.2) is 106 Å². The van der Waals surface area contributed by atoms with Crippen LogP contribution in [0.3, 0.4) is 0 Å². The summed E-state index contributed by atoms with van der Waals surface area (Å²) >= 11 is 6.13. The number of ether oxygens (including phenoxy) is 2. The number of carbonyl (C=O) groups excluding carboxylic acids is 5. The van der Waals surface area contributed by atoms with Gasteiger partial charge < -0.3 is 76.1 Å². The Morgan fingerprint density at radius 2 is 0.892 bits per heavy atom. The summed E-state index contributed by atoms with van der Waals surface area (Å²) in [6, 6.07) is 13.1. The molecule has 9 aromatic heterocycles. The Labute approximate surface area is 637 Å². The molecule has 6 aliphatic rings. The number of nitrogens with one attached hydrogen (secondary N) is 6. The molecule has 0 aliphatic heterocycles. The number of nitrogen functional groups attached to an aromatic ring is 1. The van der Waals surface area contributed by atoms with Crippen LogP contribution in [0.2, 0.25) is 5.15 Å². The second-order valence-corrected chi connectivity index (χ2v) is 31.2.